The van der Waals surface area contributed by atoms with E-state index in [4.69, 9.17) is 4.74 Å². The van der Waals surface area contributed by atoms with Crippen molar-refractivity contribution in [2.24, 2.45) is 0 Å². The Morgan fingerprint density at radius 3 is 2.29 bits per heavy atom. The number of esters is 1. The van der Waals surface area contributed by atoms with Gasteiger partial charge in [0.25, 0.3) is 0 Å². The first-order valence-corrected chi connectivity index (χ1v) is 6.61. The highest BCUT2D eigenvalue weighted by Gasteiger charge is 2.14. The Bertz CT molecular complexity index is 475. The van der Waals surface area contributed by atoms with Gasteiger partial charge in [0, 0.05) is 6.92 Å². The van der Waals surface area contributed by atoms with E-state index in [0.29, 0.717) is 5.75 Å². The van der Waals surface area contributed by atoms with Gasteiger partial charge < -0.3 is 9.47 Å². The van der Waals surface area contributed by atoms with E-state index in [1.165, 1.54) is 26.2 Å². The number of hydrogen-bond acceptors (Lipinski definition) is 5. The van der Waals surface area contributed by atoms with Crippen LogP contribution in [-0.4, -0.2) is 33.9 Å². The summed E-state index contributed by atoms with van der Waals surface area (Å²) in [4.78, 5) is 10.7. The molecule has 0 amide bonds. The number of ether oxygens (including phenoxy) is 2. The van der Waals surface area contributed by atoms with Crippen LogP contribution in [0.5, 0.6) is 5.75 Å². The largest absolute Gasteiger partial charge is 0.497 e. The third-order valence-corrected chi connectivity index (χ3v) is 3.77. The van der Waals surface area contributed by atoms with Gasteiger partial charge in [-0.05, 0) is 24.3 Å². The van der Waals surface area contributed by atoms with Crippen molar-refractivity contribution in [3.05, 3.63) is 24.3 Å². The molecular formula is C11H14O5S. The van der Waals surface area contributed by atoms with Crippen LogP contribution in [0.2, 0.25) is 0 Å². The van der Waals surface area contributed by atoms with Gasteiger partial charge in [-0.2, -0.15) is 0 Å². The highest BCUT2D eigenvalue weighted by molar-refractivity contribution is 7.91. The summed E-state index contributed by atoms with van der Waals surface area (Å²) in [5.41, 5.74) is 0. The summed E-state index contributed by atoms with van der Waals surface area (Å²) in [5.74, 6) is -0.127. The molecule has 1 rings (SSSR count). The second-order valence-corrected chi connectivity index (χ2v) is 5.44. The lowest BCUT2D eigenvalue weighted by atomic mass is 10.3. The van der Waals surface area contributed by atoms with Crippen molar-refractivity contribution < 1.29 is 22.7 Å². The molecule has 0 saturated carbocycles. The lowest BCUT2D eigenvalue weighted by Crippen LogP contribution is -2.14. The fraction of sp³-hybridized carbons (Fsp3) is 0.364. The molecule has 1 aromatic carbocycles. The molecule has 0 radical (unpaired) electrons. The number of methoxy groups -OCH3 is 1. The molecule has 17 heavy (non-hydrogen) atoms. The van der Waals surface area contributed by atoms with Gasteiger partial charge in [-0.15, -0.1) is 0 Å². The van der Waals surface area contributed by atoms with Crippen LogP contribution in [-0.2, 0) is 19.4 Å². The predicted octanol–water partition coefficient (Wildman–Crippen LogP) is 1.03. The number of carbonyl (C=O) groups excluding carboxylic acids is 1. The summed E-state index contributed by atoms with van der Waals surface area (Å²) in [7, 11) is -1.91. The monoisotopic (exact) mass is 258 g/mol. The molecule has 0 fully saturated rings. The van der Waals surface area contributed by atoms with Gasteiger partial charge in [0.15, 0.2) is 9.84 Å². The molecule has 0 spiro atoms. The minimum Gasteiger partial charge on any atom is -0.497 e. The van der Waals surface area contributed by atoms with Gasteiger partial charge in [-0.25, -0.2) is 8.42 Å². The first-order valence-electron chi connectivity index (χ1n) is 4.96. The van der Waals surface area contributed by atoms with Crippen molar-refractivity contribution in [2.75, 3.05) is 19.5 Å². The highest BCUT2D eigenvalue weighted by Crippen LogP contribution is 2.16. The Hall–Kier alpha value is -1.56. The standard InChI is InChI=1S/C11H14O5S/c1-9(12)16-7-8-17(13,14)11-5-3-10(15-2)4-6-11/h3-6H,7-8H2,1-2H3. The van der Waals surface area contributed by atoms with E-state index in [1.54, 1.807) is 12.1 Å². The third-order valence-electron chi connectivity index (χ3n) is 2.08. The molecule has 1 aromatic rings. The van der Waals surface area contributed by atoms with Crippen molar-refractivity contribution in [2.45, 2.75) is 11.8 Å². The molecule has 0 unspecified atom stereocenters. The molecule has 0 aliphatic rings. The first-order chi connectivity index (χ1) is 7.95. The quantitative estimate of drug-likeness (QED) is 0.738. The summed E-state index contributed by atoms with van der Waals surface area (Å²) in [6, 6.07) is 6.06. The Morgan fingerprint density at radius 1 is 1.24 bits per heavy atom. The Labute approximate surface area is 100 Å². The van der Waals surface area contributed by atoms with Crippen LogP contribution in [0.15, 0.2) is 29.2 Å². The van der Waals surface area contributed by atoms with Crippen LogP contribution in [0.3, 0.4) is 0 Å². The molecule has 0 aliphatic heterocycles. The van der Waals surface area contributed by atoms with E-state index in [-0.39, 0.29) is 17.3 Å². The SMILES string of the molecule is COc1ccc(S(=O)(=O)CCOC(C)=O)cc1. The van der Waals surface area contributed by atoms with Gasteiger partial charge in [-0.3, -0.25) is 4.79 Å². The Morgan fingerprint density at radius 2 is 1.82 bits per heavy atom. The summed E-state index contributed by atoms with van der Waals surface area (Å²) in [6.45, 7) is 1.10. The van der Waals surface area contributed by atoms with Crippen molar-refractivity contribution in [1.29, 1.82) is 0 Å². The van der Waals surface area contributed by atoms with Crippen molar-refractivity contribution in [3.63, 3.8) is 0 Å². The van der Waals surface area contributed by atoms with Crippen LogP contribution in [0, 0.1) is 0 Å². The van der Waals surface area contributed by atoms with Crippen LogP contribution < -0.4 is 4.74 Å². The molecule has 0 N–H and O–H groups in total. The molecule has 6 heteroatoms. The summed E-state index contributed by atoms with van der Waals surface area (Å²) in [5, 5.41) is 0. The molecule has 5 nitrogen and oxygen atoms in total. The predicted molar refractivity (Wildman–Crippen MR) is 61.7 cm³/mol. The second kappa shape index (κ2) is 5.67. The van der Waals surface area contributed by atoms with Crippen molar-refractivity contribution in [1.82, 2.24) is 0 Å². The van der Waals surface area contributed by atoms with E-state index in [2.05, 4.69) is 4.74 Å². The number of benzene rings is 1. The number of carbonyl (C=O) groups is 1. The Kier molecular flexibility index (Phi) is 4.51. The molecule has 0 heterocycles. The molecule has 94 valence electrons. The van der Waals surface area contributed by atoms with Crippen LogP contribution in [0.1, 0.15) is 6.92 Å². The fourth-order valence-electron chi connectivity index (χ4n) is 1.20. The third kappa shape index (κ3) is 4.07. The lowest BCUT2D eigenvalue weighted by Gasteiger charge is -2.05. The van der Waals surface area contributed by atoms with Gasteiger partial charge in [-0.1, -0.05) is 0 Å². The lowest BCUT2D eigenvalue weighted by molar-refractivity contribution is -0.140. The minimum absolute atomic E-state index is 0.135. The van der Waals surface area contributed by atoms with E-state index < -0.39 is 15.8 Å². The number of rotatable bonds is 5. The maximum Gasteiger partial charge on any atom is 0.302 e. The number of sulfone groups is 1. The molecule has 0 aromatic heterocycles. The fourth-order valence-corrected chi connectivity index (χ4v) is 2.29. The van der Waals surface area contributed by atoms with Gasteiger partial charge in [0.1, 0.15) is 12.4 Å². The molecular weight excluding hydrogens is 244 g/mol. The molecule has 0 bridgehead atoms. The first kappa shape index (κ1) is 13.5. The van der Waals surface area contributed by atoms with Crippen LogP contribution >= 0.6 is 0 Å². The van der Waals surface area contributed by atoms with Crippen molar-refractivity contribution >= 4 is 15.8 Å². The smallest absolute Gasteiger partial charge is 0.302 e. The van der Waals surface area contributed by atoms with Gasteiger partial charge in [0.05, 0.1) is 17.8 Å². The normalized spacial score (nSPS) is 10.9. The summed E-state index contributed by atoms with van der Waals surface area (Å²) >= 11 is 0. The minimum atomic E-state index is -3.41. The topological polar surface area (TPSA) is 69.7 Å². The summed E-state index contributed by atoms with van der Waals surface area (Å²) < 4.78 is 33.1. The van der Waals surface area contributed by atoms with Gasteiger partial charge >= 0.3 is 5.97 Å². The molecule has 0 atom stereocenters. The zero-order valence-electron chi connectivity index (χ0n) is 9.67. The van der Waals surface area contributed by atoms with E-state index in [9.17, 15) is 13.2 Å². The maximum absolute atomic E-state index is 11.8. The van der Waals surface area contributed by atoms with E-state index >= 15 is 0 Å². The van der Waals surface area contributed by atoms with E-state index in [1.807, 2.05) is 0 Å². The average molecular weight is 258 g/mol. The average Bonchev–Trinajstić information content (AvgIpc) is 2.28. The maximum atomic E-state index is 11.8. The van der Waals surface area contributed by atoms with Gasteiger partial charge in [0.2, 0.25) is 0 Å². The summed E-state index contributed by atoms with van der Waals surface area (Å²) in [6.07, 6.45) is 0. The zero-order chi connectivity index (χ0) is 12.9. The second-order valence-electron chi connectivity index (χ2n) is 3.33. The number of hydrogen-bond donors (Lipinski definition) is 0. The molecule has 0 saturated heterocycles. The van der Waals surface area contributed by atoms with Crippen LogP contribution in [0.25, 0.3) is 0 Å². The molecule has 0 aliphatic carbocycles. The van der Waals surface area contributed by atoms with Crippen LogP contribution in [0.4, 0.5) is 0 Å². The Balaban J connectivity index is 2.72. The highest BCUT2D eigenvalue weighted by atomic mass is 32.2. The van der Waals surface area contributed by atoms with Crippen molar-refractivity contribution in [3.8, 4) is 5.75 Å². The zero-order valence-corrected chi connectivity index (χ0v) is 10.5. The van der Waals surface area contributed by atoms with E-state index in [0.717, 1.165) is 0 Å².